The summed E-state index contributed by atoms with van der Waals surface area (Å²) in [6.07, 6.45) is 1.18. The molecule has 1 aliphatic rings. The second-order valence-electron chi connectivity index (χ2n) is 5.74. The molecule has 3 heteroatoms. The second-order valence-corrected chi connectivity index (χ2v) is 7.23. The molecule has 0 amide bonds. The van der Waals surface area contributed by atoms with Gasteiger partial charge < -0.3 is 10.2 Å². The summed E-state index contributed by atoms with van der Waals surface area (Å²) in [5, 5.41) is 4.33. The highest BCUT2D eigenvalue weighted by Crippen LogP contribution is 2.33. The fourth-order valence-electron chi connectivity index (χ4n) is 2.86. The molecule has 0 aliphatic carbocycles. The molecule has 3 atom stereocenters. The predicted molar refractivity (Wildman–Crippen MR) is 91.9 cm³/mol. The lowest BCUT2D eigenvalue weighted by atomic mass is 10.0. The third kappa shape index (κ3) is 3.50. The van der Waals surface area contributed by atoms with E-state index in [1.807, 2.05) is 0 Å². The number of nitrogens with zero attached hydrogens (tertiary/aromatic N) is 1. The van der Waals surface area contributed by atoms with E-state index in [0.717, 1.165) is 13.1 Å². The third-order valence-corrected chi connectivity index (χ3v) is 5.64. The fourth-order valence-corrected chi connectivity index (χ4v) is 3.96. The predicted octanol–water partition coefficient (Wildman–Crippen LogP) is 4.08. The molecular formula is C17H28N2S. The molecule has 0 bridgehead atoms. The molecule has 0 aromatic heterocycles. The Morgan fingerprint density at radius 3 is 2.85 bits per heavy atom. The smallest absolute Gasteiger partial charge is 0.0417 e. The van der Waals surface area contributed by atoms with E-state index >= 15 is 0 Å². The van der Waals surface area contributed by atoms with Crippen LogP contribution in [0.15, 0.2) is 24.3 Å². The largest absolute Gasteiger partial charge is 0.367 e. The van der Waals surface area contributed by atoms with E-state index in [1.165, 1.54) is 23.4 Å². The van der Waals surface area contributed by atoms with Crippen LogP contribution in [-0.4, -0.2) is 30.1 Å². The zero-order valence-electron chi connectivity index (χ0n) is 13.2. The van der Waals surface area contributed by atoms with Gasteiger partial charge in [-0.3, -0.25) is 0 Å². The van der Waals surface area contributed by atoms with Crippen LogP contribution in [0, 0.1) is 0 Å². The van der Waals surface area contributed by atoms with Crippen molar-refractivity contribution in [2.45, 2.75) is 51.4 Å². The first kappa shape index (κ1) is 15.7. The quantitative estimate of drug-likeness (QED) is 0.880. The molecule has 1 aromatic carbocycles. The number of anilines is 1. The van der Waals surface area contributed by atoms with E-state index in [2.05, 4.69) is 73.9 Å². The van der Waals surface area contributed by atoms with Crippen LogP contribution in [0.1, 0.15) is 45.7 Å². The number of hydrogen-bond acceptors (Lipinski definition) is 3. The molecule has 1 N–H and O–H groups in total. The summed E-state index contributed by atoms with van der Waals surface area (Å²) in [6.45, 7) is 11.4. The number of hydrogen-bond donors (Lipinski definition) is 1. The van der Waals surface area contributed by atoms with Gasteiger partial charge in [0.2, 0.25) is 0 Å². The first-order valence-electron chi connectivity index (χ1n) is 7.85. The Balaban J connectivity index is 2.22. The number of nitrogens with one attached hydrogen (secondary N) is 1. The second kappa shape index (κ2) is 7.37. The molecule has 1 saturated heterocycles. The summed E-state index contributed by atoms with van der Waals surface area (Å²) in [4.78, 5) is 2.60. The Labute approximate surface area is 128 Å². The molecule has 0 radical (unpaired) electrons. The Morgan fingerprint density at radius 2 is 2.10 bits per heavy atom. The lowest BCUT2D eigenvalue weighted by Crippen LogP contribution is -2.45. The average Bonchev–Trinajstić information content (AvgIpc) is 2.47. The van der Waals surface area contributed by atoms with Crippen LogP contribution in [0.25, 0.3) is 0 Å². The monoisotopic (exact) mass is 292 g/mol. The van der Waals surface area contributed by atoms with Crippen LogP contribution in [-0.2, 0) is 0 Å². The van der Waals surface area contributed by atoms with Crippen molar-refractivity contribution in [2.75, 3.05) is 23.7 Å². The van der Waals surface area contributed by atoms with Crippen molar-refractivity contribution in [3.8, 4) is 0 Å². The molecule has 1 heterocycles. The molecule has 2 nitrogen and oxygen atoms in total. The number of rotatable bonds is 5. The Bertz CT molecular complexity index is 421. The number of benzene rings is 1. The van der Waals surface area contributed by atoms with Gasteiger partial charge in [-0.25, -0.2) is 0 Å². The zero-order valence-corrected chi connectivity index (χ0v) is 14.0. The van der Waals surface area contributed by atoms with Gasteiger partial charge in [0.1, 0.15) is 0 Å². The summed E-state index contributed by atoms with van der Waals surface area (Å²) in [5.41, 5.74) is 2.86. The average molecular weight is 292 g/mol. The van der Waals surface area contributed by atoms with Gasteiger partial charge in [-0.1, -0.05) is 32.0 Å². The van der Waals surface area contributed by atoms with Crippen molar-refractivity contribution in [2.24, 2.45) is 0 Å². The lowest BCUT2D eigenvalue weighted by Gasteiger charge is -2.40. The van der Waals surface area contributed by atoms with Gasteiger partial charge in [-0.15, -0.1) is 0 Å². The van der Waals surface area contributed by atoms with Crippen LogP contribution < -0.4 is 10.2 Å². The van der Waals surface area contributed by atoms with Crippen molar-refractivity contribution >= 4 is 17.4 Å². The van der Waals surface area contributed by atoms with Gasteiger partial charge in [-0.05, 0) is 38.4 Å². The number of thioether (sulfide) groups is 1. The summed E-state index contributed by atoms with van der Waals surface area (Å²) in [5.74, 6) is 1.23. The first-order chi connectivity index (χ1) is 9.65. The van der Waals surface area contributed by atoms with Crippen molar-refractivity contribution in [1.29, 1.82) is 0 Å². The molecule has 1 aliphatic heterocycles. The van der Waals surface area contributed by atoms with Crippen molar-refractivity contribution in [3.63, 3.8) is 0 Å². The van der Waals surface area contributed by atoms with Crippen molar-refractivity contribution in [1.82, 2.24) is 5.32 Å². The molecule has 112 valence electrons. The van der Waals surface area contributed by atoms with E-state index in [0.29, 0.717) is 17.3 Å². The van der Waals surface area contributed by atoms with E-state index in [1.54, 1.807) is 0 Å². The van der Waals surface area contributed by atoms with Gasteiger partial charge in [0.15, 0.2) is 0 Å². The van der Waals surface area contributed by atoms with E-state index in [9.17, 15) is 0 Å². The maximum Gasteiger partial charge on any atom is 0.0417 e. The van der Waals surface area contributed by atoms with Gasteiger partial charge in [-0.2, -0.15) is 11.8 Å². The molecule has 3 unspecified atom stereocenters. The summed E-state index contributed by atoms with van der Waals surface area (Å²) < 4.78 is 0. The van der Waals surface area contributed by atoms with E-state index in [-0.39, 0.29) is 0 Å². The normalized spacial score (nSPS) is 24.7. The highest BCUT2D eigenvalue weighted by Gasteiger charge is 2.27. The molecular weight excluding hydrogens is 264 g/mol. The SMILES string of the molecule is CCCNC(C)c1ccccc1N1CCSC(C)C1C. The topological polar surface area (TPSA) is 15.3 Å². The molecule has 20 heavy (non-hydrogen) atoms. The number of para-hydroxylation sites is 1. The molecule has 1 aromatic rings. The third-order valence-electron chi connectivity index (χ3n) is 4.30. The molecule has 1 fully saturated rings. The van der Waals surface area contributed by atoms with Crippen molar-refractivity contribution in [3.05, 3.63) is 29.8 Å². The fraction of sp³-hybridized carbons (Fsp3) is 0.647. The van der Waals surface area contributed by atoms with E-state index < -0.39 is 0 Å². The van der Waals surface area contributed by atoms with Crippen LogP contribution in [0.3, 0.4) is 0 Å². The first-order valence-corrected chi connectivity index (χ1v) is 8.90. The van der Waals surface area contributed by atoms with E-state index in [4.69, 9.17) is 0 Å². The van der Waals surface area contributed by atoms with Crippen LogP contribution in [0.2, 0.25) is 0 Å². The van der Waals surface area contributed by atoms with Crippen LogP contribution in [0.5, 0.6) is 0 Å². The summed E-state index contributed by atoms with van der Waals surface area (Å²) >= 11 is 2.10. The maximum absolute atomic E-state index is 3.62. The minimum Gasteiger partial charge on any atom is -0.367 e. The van der Waals surface area contributed by atoms with Gasteiger partial charge in [0, 0.05) is 35.3 Å². The Kier molecular flexibility index (Phi) is 5.79. The Hall–Kier alpha value is -0.670. The van der Waals surface area contributed by atoms with Crippen LogP contribution in [0.4, 0.5) is 5.69 Å². The molecule has 2 rings (SSSR count). The minimum absolute atomic E-state index is 0.420. The summed E-state index contributed by atoms with van der Waals surface area (Å²) in [7, 11) is 0. The summed E-state index contributed by atoms with van der Waals surface area (Å²) in [6, 6.07) is 9.93. The highest BCUT2D eigenvalue weighted by atomic mass is 32.2. The van der Waals surface area contributed by atoms with Gasteiger partial charge >= 0.3 is 0 Å². The lowest BCUT2D eigenvalue weighted by molar-refractivity contribution is 0.562. The van der Waals surface area contributed by atoms with Crippen LogP contribution >= 0.6 is 11.8 Å². The van der Waals surface area contributed by atoms with Gasteiger partial charge in [0.05, 0.1) is 0 Å². The van der Waals surface area contributed by atoms with Crippen molar-refractivity contribution < 1.29 is 0 Å². The minimum atomic E-state index is 0.420. The maximum atomic E-state index is 3.62. The zero-order chi connectivity index (χ0) is 14.5. The highest BCUT2D eigenvalue weighted by molar-refractivity contribution is 8.00. The Morgan fingerprint density at radius 1 is 1.35 bits per heavy atom. The standard InChI is InChI=1S/C17H28N2S/c1-5-10-18-13(2)16-8-6-7-9-17(16)19-11-12-20-15(4)14(19)3/h6-9,13-15,18H,5,10-12H2,1-4H3. The molecule has 0 spiro atoms. The molecule has 0 saturated carbocycles. The van der Waals surface area contributed by atoms with Gasteiger partial charge in [0.25, 0.3) is 0 Å².